The molecule has 2 aliphatic rings. The molecule has 84 valence electrons. The number of nitrogens with one attached hydrogen (secondary N) is 1. The van der Waals surface area contributed by atoms with E-state index in [0.29, 0.717) is 5.25 Å². The molecule has 0 aromatic heterocycles. The number of thioether (sulfide) groups is 1. The van der Waals surface area contributed by atoms with Gasteiger partial charge in [0.2, 0.25) is 0 Å². The van der Waals surface area contributed by atoms with Crippen LogP contribution in [0.5, 0.6) is 0 Å². The van der Waals surface area contributed by atoms with Gasteiger partial charge in [0.1, 0.15) is 5.72 Å². The zero-order chi connectivity index (χ0) is 9.53. The van der Waals surface area contributed by atoms with Crippen molar-refractivity contribution < 1.29 is 4.74 Å². The Kier molecular flexibility index (Phi) is 3.79. The van der Waals surface area contributed by atoms with Crippen molar-refractivity contribution in [1.82, 2.24) is 5.32 Å². The summed E-state index contributed by atoms with van der Waals surface area (Å²) in [5, 5.41) is 4.25. The molecule has 2 fully saturated rings. The van der Waals surface area contributed by atoms with Crippen LogP contribution in [0.3, 0.4) is 0 Å². The largest absolute Gasteiger partial charge is 0.358 e. The summed E-state index contributed by atoms with van der Waals surface area (Å²) in [5.41, 5.74) is 0.0720. The van der Waals surface area contributed by atoms with Crippen molar-refractivity contribution >= 4 is 24.2 Å². The van der Waals surface area contributed by atoms with Gasteiger partial charge in [0.25, 0.3) is 0 Å². The van der Waals surface area contributed by atoms with Crippen LogP contribution < -0.4 is 5.32 Å². The molecule has 1 N–H and O–H groups in total. The second-order valence-electron chi connectivity index (χ2n) is 4.91. The molecule has 2 aliphatic heterocycles. The normalized spacial score (nSPS) is 40.9. The van der Waals surface area contributed by atoms with Crippen molar-refractivity contribution in [2.75, 3.05) is 12.4 Å². The quantitative estimate of drug-likeness (QED) is 0.757. The average molecular weight is 238 g/mol. The van der Waals surface area contributed by atoms with Crippen molar-refractivity contribution in [3.05, 3.63) is 0 Å². The van der Waals surface area contributed by atoms with E-state index >= 15 is 0 Å². The highest BCUT2D eigenvalue weighted by Crippen LogP contribution is 2.39. The molecule has 0 spiro atoms. The molecule has 0 aliphatic carbocycles. The molecule has 0 saturated carbocycles. The highest BCUT2D eigenvalue weighted by atomic mass is 35.5. The fourth-order valence-corrected chi connectivity index (χ4v) is 3.66. The molecule has 2 unspecified atom stereocenters. The first-order valence-corrected chi connectivity index (χ1v) is 6.12. The predicted octanol–water partition coefficient (Wildman–Crippen LogP) is 2.42. The van der Waals surface area contributed by atoms with Gasteiger partial charge in [-0.1, -0.05) is 0 Å². The van der Waals surface area contributed by atoms with Crippen LogP contribution in [0.15, 0.2) is 0 Å². The molecule has 2 nitrogen and oxygen atoms in total. The van der Waals surface area contributed by atoms with Gasteiger partial charge < -0.3 is 4.74 Å². The number of halogens is 1. The molecule has 14 heavy (non-hydrogen) atoms. The molecule has 2 rings (SSSR count). The minimum absolute atomic E-state index is 0. The summed E-state index contributed by atoms with van der Waals surface area (Å²) in [6.45, 7) is 7.45. The lowest BCUT2D eigenvalue weighted by Crippen LogP contribution is -2.52. The van der Waals surface area contributed by atoms with E-state index in [9.17, 15) is 0 Å². The third kappa shape index (κ3) is 2.38. The molecule has 0 bridgehead atoms. The number of hydrogen-bond acceptors (Lipinski definition) is 3. The first kappa shape index (κ1) is 12.6. The summed E-state index contributed by atoms with van der Waals surface area (Å²) in [6, 6.07) is 0. The van der Waals surface area contributed by atoms with Crippen molar-refractivity contribution in [3.8, 4) is 0 Å². The second-order valence-corrected chi connectivity index (χ2v) is 6.22. The summed E-state index contributed by atoms with van der Waals surface area (Å²) in [5.74, 6) is 1.30. The zero-order valence-corrected chi connectivity index (χ0v) is 10.8. The van der Waals surface area contributed by atoms with E-state index in [0.717, 1.165) is 6.61 Å². The molecule has 2 heterocycles. The Hall–Kier alpha value is 0.560. The van der Waals surface area contributed by atoms with Gasteiger partial charge in [-0.25, -0.2) is 0 Å². The maximum atomic E-state index is 5.91. The molecule has 2 saturated heterocycles. The maximum absolute atomic E-state index is 5.91. The SMILES string of the molecule is CC1(C)COC(C)(C2CCCS2)N1.Cl. The minimum atomic E-state index is -0.0787. The van der Waals surface area contributed by atoms with Crippen LogP contribution in [0.4, 0.5) is 0 Å². The molecule has 0 amide bonds. The van der Waals surface area contributed by atoms with Crippen LogP contribution in [0, 0.1) is 0 Å². The van der Waals surface area contributed by atoms with Gasteiger partial charge in [-0.2, -0.15) is 11.8 Å². The van der Waals surface area contributed by atoms with Gasteiger partial charge in [0, 0.05) is 10.8 Å². The fourth-order valence-electron chi connectivity index (χ4n) is 2.26. The third-order valence-electron chi connectivity index (χ3n) is 2.86. The first-order chi connectivity index (χ1) is 6.02. The third-order valence-corrected chi connectivity index (χ3v) is 4.48. The fraction of sp³-hybridized carbons (Fsp3) is 1.00. The van der Waals surface area contributed by atoms with Crippen LogP contribution in [0.2, 0.25) is 0 Å². The minimum Gasteiger partial charge on any atom is -0.358 e. The summed E-state index contributed by atoms with van der Waals surface area (Å²) >= 11 is 2.05. The Labute approximate surface area is 97.0 Å². The lowest BCUT2D eigenvalue weighted by molar-refractivity contribution is 0.00432. The van der Waals surface area contributed by atoms with E-state index < -0.39 is 0 Å². The highest BCUT2D eigenvalue weighted by Gasteiger charge is 2.46. The van der Waals surface area contributed by atoms with Crippen LogP contribution in [0.25, 0.3) is 0 Å². The zero-order valence-electron chi connectivity index (χ0n) is 9.13. The molecule has 0 aromatic rings. The van der Waals surface area contributed by atoms with Crippen LogP contribution in [-0.4, -0.2) is 28.9 Å². The van der Waals surface area contributed by atoms with Gasteiger partial charge in [-0.3, -0.25) is 5.32 Å². The van der Waals surface area contributed by atoms with Gasteiger partial charge in [-0.15, -0.1) is 12.4 Å². The lowest BCUT2D eigenvalue weighted by Gasteiger charge is -2.31. The van der Waals surface area contributed by atoms with Gasteiger partial charge in [0.05, 0.1) is 6.61 Å². The van der Waals surface area contributed by atoms with Crippen molar-refractivity contribution in [2.24, 2.45) is 0 Å². The van der Waals surface area contributed by atoms with Gasteiger partial charge in [-0.05, 0) is 39.4 Å². The Morgan fingerprint density at radius 2 is 2.07 bits per heavy atom. The second kappa shape index (κ2) is 4.20. The predicted molar refractivity (Wildman–Crippen MR) is 64.3 cm³/mol. The van der Waals surface area contributed by atoms with Crippen LogP contribution >= 0.6 is 24.2 Å². The van der Waals surface area contributed by atoms with E-state index in [1.807, 2.05) is 0 Å². The van der Waals surface area contributed by atoms with Gasteiger partial charge in [0.15, 0.2) is 0 Å². The lowest BCUT2D eigenvalue weighted by atomic mass is 10.0. The summed E-state index contributed by atoms with van der Waals surface area (Å²) in [7, 11) is 0. The van der Waals surface area contributed by atoms with E-state index in [-0.39, 0.29) is 23.7 Å². The topological polar surface area (TPSA) is 21.3 Å². The van der Waals surface area contributed by atoms with Gasteiger partial charge >= 0.3 is 0 Å². The van der Waals surface area contributed by atoms with Crippen LogP contribution in [0.1, 0.15) is 33.6 Å². The van der Waals surface area contributed by atoms with Crippen molar-refractivity contribution in [1.29, 1.82) is 0 Å². The molecule has 4 heteroatoms. The maximum Gasteiger partial charge on any atom is 0.128 e. The number of ether oxygens (including phenoxy) is 1. The molecule has 0 radical (unpaired) electrons. The van der Waals surface area contributed by atoms with E-state index in [1.54, 1.807) is 0 Å². The van der Waals surface area contributed by atoms with E-state index in [4.69, 9.17) is 4.74 Å². The standard InChI is InChI=1S/C10H19NOS.ClH/c1-9(2)7-12-10(3,11-9)8-5-4-6-13-8;/h8,11H,4-7H2,1-3H3;1H. The Morgan fingerprint density at radius 1 is 1.36 bits per heavy atom. The van der Waals surface area contributed by atoms with Crippen molar-refractivity contribution in [3.63, 3.8) is 0 Å². The number of hydrogen-bond donors (Lipinski definition) is 1. The molecule has 2 atom stereocenters. The molecule has 0 aromatic carbocycles. The summed E-state index contributed by atoms with van der Waals surface area (Å²) in [6.07, 6.45) is 2.64. The van der Waals surface area contributed by atoms with E-state index in [2.05, 4.69) is 37.8 Å². The smallest absolute Gasteiger partial charge is 0.128 e. The monoisotopic (exact) mass is 237 g/mol. The Bertz CT molecular complexity index is 206. The summed E-state index contributed by atoms with van der Waals surface area (Å²) < 4.78 is 5.91. The highest BCUT2D eigenvalue weighted by molar-refractivity contribution is 8.00. The Morgan fingerprint density at radius 3 is 2.50 bits per heavy atom. The van der Waals surface area contributed by atoms with E-state index in [1.165, 1.54) is 18.6 Å². The molecular weight excluding hydrogens is 218 g/mol. The average Bonchev–Trinajstić information content (AvgIpc) is 2.58. The first-order valence-electron chi connectivity index (χ1n) is 5.07. The van der Waals surface area contributed by atoms with Crippen molar-refractivity contribution in [2.45, 2.75) is 50.1 Å². The Balaban J connectivity index is 0.000000980. The molecular formula is C10H20ClNOS. The summed E-state index contributed by atoms with van der Waals surface area (Å²) in [4.78, 5) is 0. The number of rotatable bonds is 1. The van der Waals surface area contributed by atoms with Crippen LogP contribution in [-0.2, 0) is 4.74 Å².